The number of anilines is 2. The highest BCUT2D eigenvalue weighted by Crippen LogP contribution is 2.26. The van der Waals surface area contributed by atoms with E-state index in [0.717, 1.165) is 16.9 Å². The summed E-state index contributed by atoms with van der Waals surface area (Å²) >= 11 is 0. The molecule has 3 aromatic carbocycles. The van der Waals surface area contributed by atoms with Crippen LogP contribution in [0.5, 0.6) is 0 Å². The van der Waals surface area contributed by atoms with Crippen LogP contribution < -0.4 is 10.2 Å². The number of aryl methyl sites for hydroxylation is 1. The fraction of sp³-hybridized carbons (Fsp3) is 0.125. The molecule has 6 nitrogen and oxygen atoms in total. The lowest BCUT2D eigenvalue weighted by Crippen LogP contribution is -2.38. The molecular weight excluding hydrogens is 374 g/mol. The summed E-state index contributed by atoms with van der Waals surface area (Å²) in [7, 11) is 0. The van der Waals surface area contributed by atoms with Crippen molar-refractivity contribution in [2.45, 2.75) is 19.9 Å². The molecule has 1 atom stereocenters. The number of hydrogen-bond acceptors (Lipinski definition) is 3. The fourth-order valence-electron chi connectivity index (χ4n) is 3.16. The Balaban J connectivity index is 1.55. The smallest absolute Gasteiger partial charge is 0.327 e. The van der Waals surface area contributed by atoms with Gasteiger partial charge in [0.1, 0.15) is 5.82 Å². The van der Waals surface area contributed by atoms with E-state index in [0.29, 0.717) is 11.6 Å². The van der Waals surface area contributed by atoms with Crippen LogP contribution in [0.2, 0.25) is 0 Å². The Morgan fingerprint density at radius 2 is 1.47 bits per heavy atom. The molecule has 0 radical (unpaired) electrons. The van der Waals surface area contributed by atoms with Gasteiger partial charge < -0.3 is 5.32 Å². The normalized spacial score (nSPS) is 11.7. The maximum absolute atomic E-state index is 13.2. The monoisotopic (exact) mass is 397 g/mol. The van der Waals surface area contributed by atoms with Crippen LogP contribution >= 0.6 is 0 Å². The van der Waals surface area contributed by atoms with E-state index in [1.807, 2.05) is 98.8 Å². The number of nitrogens with one attached hydrogen (secondary N) is 2. The molecule has 4 aromatic rings. The summed E-state index contributed by atoms with van der Waals surface area (Å²) in [6.07, 6.45) is 0. The standard InChI is InChI=1S/C24H23N5O/c1-17-13-15-19(16-14-17)23-26-22(27-28-23)18(2)25-24(30)29(20-9-5-3-6-10-20)21-11-7-4-8-12-21/h3-16,18H,1-2H3,(H,25,30)(H,26,27,28)/t18-/m1/s1. The SMILES string of the molecule is Cc1ccc(-c2n[nH]c([C@@H](C)NC(=O)N(c3ccccc3)c3ccccc3)n2)cc1. The second-order valence-electron chi connectivity index (χ2n) is 7.09. The van der Waals surface area contributed by atoms with Crippen molar-refractivity contribution in [2.24, 2.45) is 0 Å². The van der Waals surface area contributed by atoms with Gasteiger partial charge in [0.2, 0.25) is 0 Å². The maximum Gasteiger partial charge on any atom is 0.327 e. The number of H-pyrrole nitrogens is 1. The van der Waals surface area contributed by atoms with Gasteiger partial charge in [-0.25, -0.2) is 9.78 Å². The topological polar surface area (TPSA) is 73.9 Å². The molecule has 0 fully saturated rings. The number of benzene rings is 3. The maximum atomic E-state index is 13.2. The van der Waals surface area contributed by atoms with Crippen molar-refractivity contribution in [1.29, 1.82) is 0 Å². The molecule has 0 aliphatic rings. The van der Waals surface area contributed by atoms with Crippen molar-refractivity contribution < 1.29 is 4.79 Å². The van der Waals surface area contributed by atoms with E-state index in [1.54, 1.807) is 4.90 Å². The summed E-state index contributed by atoms with van der Waals surface area (Å²) < 4.78 is 0. The van der Waals surface area contributed by atoms with Crippen LogP contribution in [-0.2, 0) is 0 Å². The van der Waals surface area contributed by atoms with Crippen molar-refractivity contribution in [3.8, 4) is 11.4 Å². The summed E-state index contributed by atoms with van der Waals surface area (Å²) in [5, 5.41) is 10.3. The quantitative estimate of drug-likeness (QED) is 0.474. The first-order chi connectivity index (χ1) is 14.6. The molecule has 4 rings (SSSR count). The lowest BCUT2D eigenvalue weighted by molar-refractivity contribution is 0.245. The van der Waals surface area contributed by atoms with Crippen LogP contribution in [0.4, 0.5) is 16.2 Å². The Morgan fingerprint density at radius 3 is 2.03 bits per heavy atom. The summed E-state index contributed by atoms with van der Waals surface area (Å²) in [5.41, 5.74) is 3.67. The average molecular weight is 397 g/mol. The van der Waals surface area contributed by atoms with Crippen molar-refractivity contribution in [3.05, 3.63) is 96.3 Å². The average Bonchev–Trinajstić information content (AvgIpc) is 3.26. The predicted octanol–water partition coefficient (Wildman–Crippen LogP) is 5.39. The molecule has 0 spiro atoms. The van der Waals surface area contributed by atoms with E-state index in [2.05, 4.69) is 20.5 Å². The molecule has 0 saturated carbocycles. The van der Waals surface area contributed by atoms with Crippen molar-refractivity contribution in [3.63, 3.8) is 0 Å². The molecule has 0 saturated heterocycles. The fourth-order valence-corrected chi connectivity index (χ4v) is 3.16. The zero-order valence-electron chi connectivity index (χ0n) is 16.9. The van der Waals surface area contributed by atoms with Gasteiger partial charge in [-0.05, 0) is 38.1 Å². The van der Waals surface area contributed by atoms with E-state index in [1.165, 1.54) is 5.56 Å². The third kappa shape index (κ3) is 4.22. The second kappa shape index (κ2) is 8.61. The second-order valence-corrected chi connectivity index (χ2v) is 7.09. The van der Waals surface area contributed by atoms with Gasteiger partial charge in [-0.15, -0.1) is 0 Å². The van der Waals surface area contributed by atoms with Gasteiger partial charge in [0, 0.05) is 5.56 Å². The molecule has 0 bridgehead atoms. The van der Waals surface area contributed by atoms with Gasteiger partial charge in [0.15, 0.2) is 5.82 Å². The molecular formula is C24H23N5O. The van der Waals surface area contributed by atoms with Crippen LogP contribution in [0.1, 0.15) is 24.4 Å². The number of urea groups is 1. The Labute approximate surface area is 175 Å². The van der Waals surface area contributed by atoms with Crippen LogP contribution in [0.25, 0.3) is 11.4 Å². The van der Waals surface area contributed by atoms with Gasteiger partial charge in [-0.2, -0.15) is 5.10 Å². The predicted molar refractivity (Wildman–Crippen MR) is 119 cm³/mol. The summed E-state index contributed by atoms with van der Waals surface area (Å²) in [6, 6.07) is 26.5. The Bertz CT molecular complexity index is 1070. The van der Waals surface area contributed by atoms with Gasteiger partial charge in [-0.1, -0.05) is 66.2 Å². The first-order valence-corrected chi connectivity index (χ1v) is 9.82. The highest BCUT2D eigenvalue weighted by Gasteiger charge is 2.21. The number of aromatic amines is 1. The van der Waals surface area contributed by atoms with Gasteiger partial charge in [-0.3, -0.25) is 10.00 Å². The first kappa shape index (κ1) is 19.4. The molecule has 150 valence electrons. The van der Waals surface area contributed by atoms with E-state index in [4.69, 9.17) is 0 Å². The molecule has 1 aromatic heterocycles. The molecule has 2 amide bonds. The Morgan fingerprint density at radius 1 is 0.900 bits per heavy atom. The number of hydrogen-bond donors (Lipinski definition) is 2. The number of carbonyl (C=O) groups excluding carboxylic acids is 1. The van der Waals surface area contributed by atoms with E-state index in [-0.39, 0.29) is 12.1 Å². The number of carbonyl (C=O) groups is 1. The first-order valence-electron chi connectivity index (χ1n) is 9.82. The number of aromatic nitrogens is 3. The number of amides is 2. The lowest BCUT2D eigenvalue weighted by atomic mass is 10.1. The Hall–Kier alpha value is -3.93. The molecule has 0 aliphatic heterocycles. The van der Waals surface area contributed by atoms with E-state index >= 15 is 0 Å². The zero-order chi connectivity index (χ0) is 20.9. The zero-order valence-corrected chi connectivity index (χ0v) is 16.9. The van der Waals surface area contributed by atoms with E-state index in [9.17, 15) is 4.79 Å². The molecule has 30 heavy (non-hydrogen) atoms. The van der Waals surface area contributed by atoms with Crippen molar-refractivity contribution >= 4 is 17.4 Å². The highest BCUT2D eigenvalue weighted by atomic mass is 16.2. The molecule has 0 aliphatic carbocycles. The summed E-state index contributed by atoms with van der Waals surface area (Å²) in [6.45, 7) is 3.92. The molecule has 0 unspecified atom stereocenters. The van der Waals surface area contributed by atoms with Crippen LogP contribution in [0, 0.1) is 6.92 Å². The molecule has 1 heterocycles. The van der Waals surface area contributed by atoms with Crippen LogP contribution in [0.3, 0.4) is 0 Å². The minimum atomic E-state index is -0.348. The van der Waals surface area contributed by atoms with Gasteiger partial charge in [0.05, 0.1) is 17.4 Å². The lowest BCUT2D eigenvalue weighted by Gasteiger charge is -2.25. The number of para-hydroxylation sites is 2. The molecule has 6 heteroatoms. The largest absolute Gasteiger partial charge is 0.328 e. The Kier molecular flexibility index (Phi) is 5.57. The van der Waals surface area contributed by atoms with E-state index < -0.39 is 0 Å². The third-order valence-corrected chi connectivity index (χ3v) is 4.79. The van der Waals surface area contributed by atoms with Gasteiger partial charge in [0.25, 0.3) is 0 Å². The minimum Gasteiger partial charge on any atom is -0.328 e. The third-order valence-electron chi connectivity index (χ3n) is 4.79. The van der Waals surface area contributed by atoms with Crippen molar-refractivity contribution in [1.82, 2.24) is 20.5 Å². The van der Waals surface area contributed by atoms with Crippen molar-refractivity contribution in [2.75, 3.05) is 4.90 Å². The summed E-state index contributed by atoms with van der Waals surface area (Å²) in [5.74, 6) is 1.20. The van der Waals surface area contributed by atoms with Crippen LogP contribution in [-0.4, -0.2) is 21.2 Å². The highest BCUT2D eigenvalue weighted by molar-refractivity contribution is 5.99. The summed E-state index contributed by atoms with van der Waals surface area (Å²) in [4.78, 5) is 19.4. The van der Waals surface area contributed by atoms with Gasteiger partial charge >= 0.3 is 6.03 Å². The number of rotatable bonds is 5. The molecule has 2 N–H and O–H groups in total. The van der Waals surface area contributed by atoms with Crippen LogP contribution in [0.15, 0.2) is 84.9 Å². The minimum absolute atomic E-state index is 0.242. The number of nitrogens with zero attached hydrogens (tertiary/aromatic N) is 3.